The molecule has 0 bridgehead atoms. The summed E-state index contributed by atoms with van der Waals surface area (Å²) in [5, 5.41) is 1.12. The van der Waals surface area contributed by atoms with Gasteiger partial charge in [0.05, 0.1) is 5.39 Å². The van der Waals surface area contributed by atoms with Crippen molar-refractivity contribution in [2.24, 2.45) is 0 Å². The molecule has 0 unspecified atom stereocenters. The monoisotopic (exact) mass is 347 g/mol. The van der Waals surface area contributed by atoms with E-state index in [-0.39, 0.29) is 0 Å². The minimum atomic E-state index is 0.502. The van der Waals surface area contributed by atoms with Crippen LogP contribution in [0.15, 0.2) is 6.58 Å². The highest BCUT2D eigenvalue weighted by Crippen LogP contribution is 2.36. The number of thiophene rings is 1. The zero-order valence-corrected chi connectivity index (χ0v) is 15.3. The number of aromatic nitrogens is 2. The van der Waals surface area contributed by atoms with Gasteiger partial charge in [-0.25, -0.2) is 4.98 Å². The second-order valence-electron chi connectivity index (χ2n) is 6.34. The van der Waals surface area contributed by atoms with Crippen LogP contribution in [0.25, 0.3) is 16.4 Å². The van der Waals surface area contributed by atoms with E-state index >= 15 is 0 Å². The molecule has 23 heavy (non-hydrogen) atoms. The highest BCUT2D eigenvalue weighted by molar-refractivity contribution is 7.71. The molecule has 0 aliphatic heterocycles. The van der Waals surface area contributed by atoms with Crippen molar-refractivity contribution < 1.29 is 0 Å². The zero-order valence-electron chi connectivity index (χ0n) is 13.6. The maximum Gasteiger partial charge on any atom is 0.206 e. The van der Waals surface area contributed by atoms with Crippen LogP contribution < -0.4 is 5.73 Å². The van der Waals surface area contributed by atoms with Crippen LogP contribution in [0.4, 0.5) is 5.82 Å². The number of hydrogen-bond acceptors (Lipinski definition) is 4. The first-order valence-electron chi connectivity index (χ1n) is 8.67. The van der Waals surface area contributed by atoms with Crippen LogP contribution in [0.1, 0.15) is 61.8 Å². The molecule has 0 aromatic carbocycles. The average Bonchev–Trinajstić information content (AvgIpc) is 2.85. The topological polar surface area (TPSA) is 43.8 Å². The first kappa shape index (κ1) is 16.7. The van der Waals surface area contributed by atoms with Crippen molar-refractivity contribution >= 4 is 45.8 Å². The van der Waals surface area contributed by atoms with Gasteiger partial charge in [0.1, 0.15) is 10.6 Å². The van der Waals surface area contributed by atoms with Crippen molar-refractivity contribution in [3.8, 4) is 0 Å². The van der Waals surface area contributed by atoms with Crippen molar-refractivity contribution in [3.63, 3.8) is 0 Å². The first-order chi connectivity index (χ1) is 11.2. The summed E-state index contributed by atoms with van der Waals surface area (Å²) >= 11 is 7.14. The first-order valence-corrected chi connectivity index (χ1v) is 9.89. The van der Waals surface area contributed by atoms with Gasteiger partial charge < -0.3 is 5.73 Å². The third-order valence-corrected chi connectivity index (χ3v) is 6.23. The molecule has 1 aliphatic rings. The summed E-state index contributed by atoms with van der Waals surface area (Å²) in [6.45, 7) is 3.82. The lowest BCUT2D eigenvalue weighted by atomic mass is 9.98. The molecule has 5 heteroatoms. The van der Waals surface area contributed by atoms with Crippen LogP contribution in [0.3, 0.4) is 0 Å². The second kappa shape index (κ2) is 7.58. The molecular weight excluding hydrogens is 322 g/mol. The van der Waals surface area contributed by atoms with Crippen molar-refractivity contribution in [1.29, 1.82) is 0 Å². The highest BCUT2D eigenvalue weighted by atomic mass is 32.1. The fourth-order valence-corrected chi connectivity index (χ4v) is 5.09. The fourth-order valence-electron chi connectivity index (χ4n) is 3.50. The van der Waals surface area contributed by atoms with Gasteiger partial charge in [-0.1, -0.05) is 45.1 Å². The van der Waals surface area contributed by atoms with Gasteiger partial charge in [0.2, 0.25) is 4.77 Å². The maximum atomic E-state index is 6.41. The molecule has 124 valence electrons. The van der Waals surface area contributed by atoms with Crippen LogP contribution in [-0.4, -0.2) is 9.55 Å². The van der Waals surface area contributed by atoms with E-state index in [0.717, 1.165) is 23.1 Å². The van der Waals surface area contributed by atoms with E-state index in [1.54, 1.807) is 22.1 Å². The van der Waals surface area contributed by atoms with Gasteiger partial charge in [0.25, 0.3) is 0 Å². The van der Waals surface area contributed by atoms with Crippen molar-refractivity contribution in [2.75, 3.05) is 5.73 Å². The SMILES string of the molecule is C=Cn1c(N)c2c3c(sc2nc1=S)CCCCCCCCCC3. The molecule has 2 N–H and O–H groups in total. The van der Waals surface area contributed by atoms with Crippen LogP contribution in [0.2, 0.25) is 0 Å². The van der Waals surface area contributed by atoms with Gasteiger partial charge in [-0.2, -0.15) is 0 Å². The number of anilines is 1. The summed E-state index contributed by atoms with van der Waals surface area (Å²) < 4.78 is 2.24. The number of rotatable bonds is 1. The van der Waals surface area contributed by atoms with Crippen molar-refractivity contribution in [3.05, 3.63) is 21.8 Å². The van der Waals surface area contributed by atoms with Gasteiger partial charge in [0.15, 0.2) is 0 Å². The molecule has 0 fully saturated rings. The van der Waals surface area contributed by atoms with Gasteiger partial charge in [-0.05, 0) is 43.5 Å². The summed E-state index contributed by atoms with van der Waals surface area (Å²) in [6.07, 6.45) is 14.6. The van der Waals surface area contributed by atoms with Crippen LogP contribution in [0.5, 0.6) is 0 Å². The summed E-state index contributed by atoms with van der Waals surface area (Å²) in [6, 6.07) is 0. The predicted octanol–water partition coefficient (Wildman–Crippen LogP) is 5.73. The van der Waals surface area contributed by atoms with Gasteiger partial charge >= 0.3 is 0 Å². The van der Waals surface area contributed by atoms with E-state index < -0.39 is 0 Å². The lowest BCUT2D eigenvalue weighted by molar-refractivity contribution is 0.562. The minimum absolute atomic E-state index is 0.502. The Morgan fingerprint density at radius 3 is 2.30 bits per heavy atom. The minimum Gasteiger partial charge on any atom is -0.384 e. The molecule has 0 spiro atoms. The molecule has 0 saturated carbocycles. The Labute approximate surface area is 147 Å². The number of aryl methyl sites for hydroxylation is 2. The van der Waals surface area contributed by atoms with Gasteiger partial charge in [0, 0.05) is 11.1 Å². The standard InChI is InChI=1S/C18H25N3S2/c1-2-21-16(19)15-13-11-9-7-5-3-4-6-8-10-12-14(13)23-17(15)20-18(21)22/h2H,1,3-12,19H2. The van der Waals surface area contributed by atoms with E-state index in [2.05, 4.69) is 11.6 Å². The molecule has 0 saturated heterocycles. The molecule has 1 aliphatic carbocycles. The van der Waals surface area contributed by atoms with E-state index in [1.165, 1.54) is 61.8 Å². The molecule has 0 amide bonds. The summed E-state index contributed by atoms with van der Waals surface area (Å²) in [5.41, 5.74) is 7.82. The second-order valence-corrected chi connectivity index (χ2v) is 7.79. The van der Waals surface area contributed by atoms with E-state index in [4.69, 9.17) is 18.0 Å². The normalized spacial score (nSPS) is 17.2. The van der Waals surface area contributed by atoms with Crippen LogP contribution in [-0.2, 0) is 12.8 Å². The van der Waals surface area contributed by atoms with Crippen molar-refractivity contribution in [2.45, 2.75) is 64.2 Å². The Kier molecular flexibility index (Phi) is 5.49. The predicted molar refractivity (Wildman–Crippen MR) is 104 cm³/mol. The quantitative estimate of drug-likeness (QED) is 0.670. The van der Waals surface area contributed by atoms with Crippen molar-refractivity contribution in [1.82, 2.24) is 9.55 Å². The summed E-state index contributed by atoms with van der Waals surface area (Å²) in [4.78, 5) is 7.08. The van der Waals surface area contributed by atoms with E-state index in [9.17, 15) is 0 Å². The Bertz CT molecular complexity index is 758. The Morgan fingerprint density at radius 1 is 1.04 bits per heavy atom. The van der Waals surface area contributed by atoms with Crippen LogP contribution in [0, 0.1) is 4.77 Å². The number of nitrogen functional groups attached to an aromatic ring is 1. The molecule has 2 aromatic rings. The Hall–Kier alpha value is -1.20. The summed E-state index contributed by atoms with van der Waals surface area (Å²) in [5.74, 6) is 0.708. The molecule has 3 rings (SSSR count). The molecular formula is C18H25N3S2. The molecule has 0 radical (unpaired) electrons. The molecule has 2 heterocycles. The average molecular weight is 348 g/mol. The molecule has 2 aromatic heterocycles. The van der Waals surface area contributed by atoms with Gasteiger partial charge in [-0.15, -0.1) is 11.3 Å². The third-order valence-electron chi connectivity index (χ3n) is 4.75. The van der Waals surface area contributed by atoms with E-state index in [0.29, 0.717) is 10.6 Å². The smallest absolute Gasteiger partial charge is 0.206 e. The molecule has 3 nitrogen and oxygen atoms in total. The molecule has 0 atom stereocenters. The van der Waals surface area contributed by atoms with Gasteiger partial charge in [-0.3, -0.25) is 4.57 Å². The van der Waals surface area contributed by atoms with E-state index in [1.807, 2.05) is 0 Å². The fraction of sp³-hybridized carbons (Fsp3) is 0.556. The largest absolute Gasteiger partial charge is 0.384 e. The summed E-state index contributed by atoms with van der Waals surface area (Å²) in [7, 11) is 0. The zero-order chi connectivity index (χ0) is 16.2. The number of nitrogens with zero attached hydrogens (tertiary/aromatic N) is 2. The maximum absolute atomic E-state index is 6.41. The lowest BCUT2D eigenvalue weighted by Crippen LogP contribution is -2.04. The van der Waals surface area contributed by atoms with Crippen LogP contribution >= 0.6 is 23.6 Å². The highest BCUT2D eigenvalue weighted by Gasteiger charge is 2.17. The number of nitrogens with two attached hydrogens (primary N) is 1. The Balaban J connectivity index is 2.07. The Morgan fingerprint density at radius 2 is 1.65 bits per heavy atom. The third kappa shape index (κ3) is 3.50. The number of fused-ring (bicyclic) bond motifs is 3. The number of hydrogen-bond donors (Lipinski definition) is 1. The lowest BCUT2D eigenvalue weighted by Gasteiger charge is -2.10.